The van der Waals surface area contributed by atoms with Gasteiger partial charge >= 0.3 is 0 Å². The number of hydrogen-bond donors (Lipinski definition) is 2. The number of Topliss-reactive ketones (excluding diaryl/α,β-unsaturated/α-hetero) is 1. The SMILES string of the molecule is CC(=O)CC(C)CC(=CCO)C(N)=O. The molecule has 0 rings (SSSR count). The molecule has 4 nitrogen and oxygen atoms in total. The molecule has 0 saturated carbocycles. The third kappa shape index (κ3) is 5.48. The number of carbonyl (C=O) groups excluding carboxylic acids is 2. The molecule has 0 spiro atoms. The molecule has 0 aromatic rings. The van der Waals surface area contributed by atoms with Crippen molar-refractivity contribution in [1.82, 2.24) is 0 Å². The highest BCUT2D eigenvalue weighted by molar-refractivity contribution is 5.92. The standard InChI is InChI=1S/C10H17NO3/c1-7(5-8(2)13)6-9(3-4-12)10(11)14/h3,7,12H,4-6H2,1-2H3,(H2,11,14). The van der Waals surface area contributed by atoms with Crippen LogP contribution in [0.5, 0.6) is 0 Å². The van der Waals surface area contributed by atoms with E-state index in [9.17, 15) is 9.59 Å². The van der Waals surface area contributed by atoms with Crippen LogP contribution in [0.3, 0.4) is 0 Å². The van der Waals surface area contributed by atoms with Gasteiger partial charge in [0.15, 0.2) is 0 Å². The highest BCUT2D eigenvalue weighted by Gasteiger charge is 2.11. The van der Waals surface area contributed by atoms with Crippen LogP contribution in [0, 0.1) is 5.92 Å². The Morgan fingerprint density at radius 3 is 2.36 bits per heavy atom. The number of ketones is 1. The lowest BCUT2D eigenvalue weighted by molar-refractivity contribution is -0.118. The summed E-state index contributed by atoms with van der Waals surface area (Å²) in [5, 5.41) is 8.63. The van der Waals surface area contributed by atoms with Crippen molar-refractivity contribution in [2.75, 3.05) is 6.61 Å². The average Bonchev–Trinajstić information content (AvgIpc) is 2.01. The molecule has 1 atom stereocenters. The Morgan fingerprint density at radius 2 is 2.00 bits per heavy atom. The molecule has 0 aliphatic carbocycles. The van der Waals surface area contributed by atoms with E-state index in [1.807, 2.05) is 6.92 Å². The number of rotatable bonds is 6. The summed E-state index contributed by atoms with van der Waals surface area (Å²) in [4.78, 5) is 21.6. The second-order valence-electron chi connectivity index (χ2n) is 3.49. The van der Waals surface area contributed by atoms with E-state index < -0.39 is 5.91 Å². The molecule has 1 unspecified atom stereocenters. The molecule has 0 radical (unpaired) electrons. The van der Waals surface area contributed by atoms with Crippen LogP contribution in [0.1, 0.15) is 26.7 Å². The van der Waals surface area contributed by atoms with Gasteiger partial charge in [-0.15, -0.1) is 0 Å². The van der Waals surface area contributed by atoms with E-state index in [4.69, 9.17) is 10.8 Å². The first-order chi connectivity index (χ1) is 6.47. The molecule has 0 aromatic heterocycles. The number of amides is 1. The summed E-state index contributed by atoms with van der Waals surface area (Å²) in [5.74, 6) is -0.363. The van der Waals surface area contributed by atoms with Crippen molar-refractivity contribution in [2.45, 2.75) is 26.7 Å². The Morgan fingerprint density at radius 1 is 1.43 bits per heavy atom. The topological polar surface area (TPSA) is 80.4 Å². The molecule has 0 aliphatic heterocycles. The Bertz CT molecular complexity index is 246. The first-order valence-corrected chi connectivity index (χ1v) is 4.56. The van der Waals surface area contributed by atoms with Gasteiger partial charge in [-0.1, -0.05) is 13.0 Å². The fourth-order valence-corrected chi connectivity index (χ4v) is 1.33. The zero-order valence-electron chi connectivity index (χ0n) is 8.62. The van der Waals surface area contributed by atoms with Crippen molar-refractivity contribution < 1.29 is 14.7 Å². The zero-order valence-corrected chi connectivity index (χ0v) is 8.62. The van der Waals surface area contributed by atoms with Crippen molar-refractivity contribution in [3.63, 3.8) is 0 Å². The van der Waals surface area contributed by atoms with Gasteiger partial charge in [0.1, 0.15) is 5.78 Å². The maximum absolute atomic E-state index is 10.9. The number of aliphatic hydroxyl groups is 1. The predicted octanol–water partition coefficient (Wildman–Crippen LogP) is 0.396. The molecule has 0 aliphatic rings. The number of aliphatic hydroxyl groups excluding tert-OH is 1. The first kappa shape index (κ1) is 12.8. The van der Waals surface area contributed by atoms with Crippen molar-refractivity contribution in [1.29, 1.82) is 0 Å². The lowest BCUT2D eigenvalue weighted by Crippen LogP contribution is -2.17. The minimum Gasteiger partial charge on any atom is -0.392 e. The van der Waals surface area contributed by atoms with Crippen LogP contribution in [0.2, 0.25) is 0 Å². The summed E-state index contributed by atoms with van der Waals surface area (Å²) >= 11 is 0. The monoisotopic (exact) mass is 199 g/mol. The van der Waals surface area contributed by atoms with Crippen molar-refractivity contribution in [3.8, 4) is 0 Å². The molecule has 0 bridgehead atoms. The molecular formula is C10H17NO3. The summed E-state index contributed by atoms with van der Waals surface area (Å²) in [6, 6.07) is 0. The van der Waals surface area contributed by atoms with E-state index in [1.165, 1.54) is 13.0 Å². The van der Waals surface area contributed by atoms with Crippen molar-refractivity contribution in [2.24, 2.45) is 11.7 Å². The van der Waals surface area contributed by atoms with Crippen molar-refractivity contribution >= 4 is 11.7 Å². The molecule has 0 heterocycles. The van der Waals surface area contributed by atoms with Crippen molar-refractivity contribution in [3.05, 3.63) is 11.6 Å². The zero-order chi connectivity index (χ0) is 11.1. The Labute approximate surface area is 83.8 Å². The smallest absolute Gasteiger partial charge is 0.244 e. The predicted molar refractivity (Wildman–Crippen MR) is 53.4 cm³/mol. The van der Waals surface area contributed by atoms with E-state index >= 15 is 0 Å². The fourth-order valence-electron chi connectivity index (χ4n) is 1.33. The van der Waals surface area contributed by atoms with Crippen LogP contribution in [0.4, 0.5) is 0 Å². The van der Waals surface area contributed by atoms with Gasteiger partial charge in [0.25, 0.3) is 0 Å². The Hall–Kier alpha value is -1.16. The Balaban J connectivity index is 4.24. The Kier molecular flexibility index (Phi) is 5.79. The quantitative estimate of drug-likeness (QED) is 0.607. The molecule has 4 heteroatoms. The van der Waals surface area contributed by atoms with E-state index in [2.05, 4.69) is 0 Å². The van der Waals surface area contributed by atoms with Crippen LogP contribution >= 0.6 is 0 Å². The highest BCUT2D eigenvalue weighted by atomic mass is 16.2. The first-order valence-electron chi connectivity index (χ1n) is 4.56. The van der Waals surface area contributed by atoms with Crippen LogP contribution in [0.15, 0.2) is 11.6 Å². The van der Waals surface area contributed by atoms with Gasteiger partial charge in [0.05, 0.1) is 6.61 Å². The number of nitrogens with two attached hydrogens (primary N) is 1. The molecule has 80 valence electrons. The molecule has 0 fully saturated rings. The maximum Gasteiger partial charge on any atom is 0.244 e. The average molecular weight is 199 g/mol. The molecule has 1 amide bonds. The van der Waals surface area contributed by atoms with Crippen LogP contribution < -0.4 is 5.73 Å². The van der Waals surface area contributed by atoms with Gasteiger partial charge in [-0.2, -0.15) is 0 Å². The van der Waals surface area contributed by atoms with Gasteiger partial charge in [0.2, 0.25) is 5.91 Å². The van der Waals surface area contributed by atoms with E-state index in [0.29, 0.717) is 18.4 Å². The number of primary amides is 1. The fraction of sp³-hybridized carbons (Fsp3) is 0.600. The van der Waals surface area contributed by atoms with E-state index in [0.717, 1.165) is 0 Å². The summed E-state index contributed by atoms with van der Waals surface area (Å²) in [5.41, 5.74) is 5.49. The third-order valence-electron chi connectivity index (χ3n) is 1.86. The van der Waals surface area contributed by atoms with Crippen LogP contribution in [-0.2, 0) is 9.59 Å². The second-order valence-corrected chi connectivity index (χ2v) is 3.49. The lowest BCUT2D eigenvalue weighted by atomic mass is 9.96. The lowest BCUT2D eigenvalue weighted by Gasteiger charge is -2.09. The molecule has 0 aromatic carbocycles. The van der Waals surface area contributed by atoms with Gasteiger partial charge in [0, 0.05) is 12.0 Å². The van der Waals surface area contributed by atoms with Crippen LogP contribution in [-0.4, -0.2) is 23.4 Å². The van der Waals surface area contributed by atoms with E-state index in [-0.39, 0.29) is 18.3 Å². The number of hydrogen-bond acceptors (Lipinski definition) is 3. The normalized spacial score (nSPS) is 13.8. The molecule has 0 saturated heterocycles. The minimum absolute atomic E-state index is 0.0813. The van der Waals surface area contributed by atoms with Gasteiger partial charge in [-0.05, 0) is 19.3 Å². The van der Waals surface area contributed by atoms with Gasteiger partial charge in [-0.25, -0.2) is 0 Å². The van der Waals surface area contributed by atoms with Gasteiger partial charge in [-0.3, -0.25) is 4.79 Å². The molecular weight excluding hydrogens is 182 g/mol. The molecule has 3 N–H and O–H groups in total. The largest absolute Gasteiger partial charge is 0.392 e. The maximum atomic E-state index is 10.9. The minimum atomic E-state index is -0.533. The molecule has 14 heavy (non-hydrogen) atoms. The number of carbonyl (C=O) groups is 2. The second kappa shape index (κ2) is 6.32. The summed E-state index contributed by atoms with van der Waals surface area (Å²) in [7, 11) is 0. The highest BCUT2D eigenvalue weighted by Crippen LogP contribution is 2.14. The summed E-state index contributed by atoms with van der Waals surface area (Å²) < 4.78 is 0. The van der Waals surface area contributed by atoms with E-state index in [1.54, 1.807) is 0 Å². The summed E-state index contributed by atoms with van der Waals surface area (Å²) in [6.45, 7) is 3.18. The third-order valence-corrected chi connectivity index (χ3v) is 1.86. The van der Waals surface area contributed by atoms with Crippen LogP contribution in [0.25, 0.3) is 0 Å². The van der Waals surface area contributed by atoms with Gasteiger partial charge < -0.3 is 15.6 Å². The summed E-state index contributed by atoms with van der Waals surface area (Å²) in [6.07, 6.45) is 2.25.